The van der Waals surface area contributed by atoms with Crippen LogP contribution in [0, 0.1) is 11.3 Å². The predicted molar refractivity (Wildman–Crippen MR) is 85.2 cm³/mol. The highest BCUT2D eigenvalue weighted by atomic mass is 19.4. The van der Waals surface area contributed by atoms with Crippen LogP contribution in [0.5, 0.6) is 5.75 Å². The van der Waals surface area contributed by atoms with E-state index >= 15 is 0 Å². The van der Waals surface area contributed by atoms with Gasteiger partial charge in [-0.3, -0.25) is 4.99 Å². The number of rotatable bonds is 2. The molecule has 1 aliphatic heterocycles. The summed E-state index contributed by atoms with van der Waals surface area (Å²) >= 11 is 0. The van der Waals surface area contributed by atoms with Crippen LogP contribution in [-0.4, -0.2) is 18.9 Å². The standard InChI is InChI=1S/C17H10F3N3O3/c18-17(19,20)13-9-14-15(8-11(13)10-21)23(7-6-22-14)26-16(24)25-12-4-2-1-3-5-12/h1-6,8-9H,7H2. The van der Waals surface area contributed by atoms with Crippen LogP contribution < -0.4 is 9.80 Å². The van der Waals surface area contributed by atoms with Crippen molar-refractivity contribution < 1.29 is 27.5 Å². The van der Waals surface area contributed by atoms with Crippen LogP contribution in [0.1, 0.15) is 11.1 Å². The molecule has 0 atom stereocenters. The number of hydrogen-bond acceptors (Lipinski definition) is 6. The number of alkyl halides is 3. The van der Waals surface area contributed by atoms with Crippen LogP contribution >= 0.6 is 0 Å². The number of nitrogens with zero attached hydrogens (tertiary/aromatic N) is 3. The molecule has 26 heavy (non-hydrogen) atoms. The number of benzene rings is 2. The van der Waals surface area contributed by atoms with Crippen molar-refractivity contribution in [1.29, 1.82) is 5.26 Å². The summed E-state index contributed by atoms with van der Waals surface area (Å²) in [5.74, 6) is 0.244. The molecular weight excluding hydrogens is 351 g/mol. The van der Waals surface area contributed by atoms with Gasteiger partial charge in [0.1, 0.15) is 11.4 Å². The van der Waals surface area contributed by atoms with Gasteiger partial charge in [0.25, 0.3) is 0 Å². The van der Waals surface area contributed by atoms with Crippen molar-refractivity contribution in [2.75, 3.05) is 11.6 Å². The van der Waals surface area contributed by atoms with E-state index in [4.69, 9.17) is 14.8 Å². The number of nitriles is 1. The van der Waals surface area contributed by atoms with Gasteiger partial charge in [0.2, 0.25) is 0 Å². The van der Waals surface area contributed by atoms with E-state index in [-0.39, 0.29) is 23.7 Å². The van der Waals surface area contributed by atoms with E-state index in [2.05, 4.69) is 4.99 Å². The van der Waals surface area contributed by atoms with Gasteiger partial charge in [-0.05, 0) is 24.3 Å². The molecular formula is C17H10F3N3O3. The zero-order valence-electron chi connectivity index (χ0n) is 13.0. The Morgan fingerprint density at radius 3 is 2.62 bits per heavy atom. The molecule has 1 heterocycles. The van der Waals surface area contributed by atoms with E-state index in [9.17, 15) is 18.0 Å². The minimum atomic E-state index is -4.70. The fourth-order valence-electron chi connectivity index (χ4n) is 2.30. The number of hydroxylamine groups is 1. The summed E-state index contributed by atoms with van der Waals surface area (Å²) in [7, 11) is 0. The maximum atomic E-state index is 13.0. The highest BCUT2D eigenvalue weighted by molar-refractivity contribution is 5.83. The Hall–Kier alpha value is -3.54. The van der Waals surface area contributed by atoms with E-state index in [1.165, 1.54) is 24.4 Å². The number of carbonyl (C=O) groups excluding carboxylic acids is 1. The molecule has 2 aromatic carbocycles. The van der Waals surface area contributed by atoms with Gasteiger partial charge in [-0.2, -0.15) is 23.5 Å². The Bertz CT molecular complexity index is 905. The molecule has 0 fully saturated rings. The largest absolute Gasteiger partial charge is 0.539 e. The number of anilines is 1. The Morgan fingerprint density at radius 2 is 1.96 bits per heavy atom. The number of halogens is 3. The van der Waals surface area contributed by atoms with Crippen LogP contribution in [0.4, 0.5) is 29.3 Å². The van der Waals surface area contributed by atoms with Crippen LogP contribution in [0.3, 0.4) is 0 Å². The molecule has 0 aromatic heterocycles. The van der Waals surface area contributed by atoms with Crippen molar-refractivity contribution in [3.63, 3.8) is 0 Å². The molecule has 0 unspecified atom stereocenters. The highest BCUT2D eigenvalue weighted by Gasteiger charge is 2.36. The second-order valence-electron chi connectivity index (χ2n) is 5.13. The third-order valence-corrected chi connectivity index (χ3v) is 3.42. The summed E-state index contributed by atoms with van der Waals surface area (Å²) in [6.07, 6.45) is -4.49. The van der Waals surface area contributed by atoms with Gasteiger partial charge in [0.05, 0.1) is 29.4 Å². The highest BCUT2D eigenvalue weighted by Crippen LogP contribution is 2.40. The summed E-state index contributed by atoms with van der Waals surface area (Å²) < 4.78 is 44.1. The van der Waals surface area contributed by atoms with Crippen LogP contribution in [0.2, 0.25) is 0 Å². The van der Waals surface area contributed by atoms with Crippen molar-refractivity contribution in [2.45, 2.75) is 6.18 Å². The summed E-state index contributed by atoms with van der Waals surface area (Å²) in [4.78, 5) is 20.8. The average Bonchev–Trinajstić information content (AvgIpc) is 2.61. The maximum Gasteiger partial charge on any atom is 0.539 e. The van der Waals surface area contributed by atoms with Crippen LogP contribution in [0.15, 0.2) is 47.5 Å². The summed E-state index contributed by atoms with van der Waals surface area (Å²) in [5, 5.41) is 10.0. The third-order valence-electron chi connectivity index (χ3n) is 3.42. The van der Waals surface area contributed by atoms with E-state index < -0.39 is 23.5 Å². The fourth-order valence-corrected chi connectivity index (χ4v) is 2.30. The zero-order valence-corrected chi connectivity index (χ0v) is 13.0. The molecule has 0 spiro atoms. The molecule has 0 amide bonds. The smallest absolute Gasteiger partial charge is 0.393 e. The van der Waals surface area contributed by atoms with Gasteiger partial charge in [-0.15, -0.1) is 0 Å². The van der Waals surface area contributed by atoms with E-state index in [0.29, 0.717) is 0 Å². The fraction of sp³-hybridized carbons (Fsp3) is 0.118. The Kier molecular flexibility index (Phi) is 4.49. The van der Waals surface area contributed by atoms with E-state index in [0.717, 1.165) is 17.2 Å². The Balaban J connectivity index is 1.86. The Labute approximate surface area is 145 Å². The first kappa shape index (κ1) is 17.3. The molecule has 0 saturated heterocycles. The number of carbonyl (C=O) groups is 1. The number of aliphatic imine (C=N–C) groups is 1. The van der Waals surface area contributed by atoms with Crippen molar-refractivity contribution in [2.24, 2.45) is 4.99 Å². The second kappa shape index (κ2) is 6.76. The van der Waals surface area contributed by atoms with Gasteiger partial charge in [-0.1, -0.05) is 18.2 Å². The lowest BCUT2D eigenvalue weighted by atomic mass is 10.0. The zero-order chi connectivity index (χ0) is 18.7. The number of fused-ring (bicyclic) bond motifs is 1. The van der Waals surface area contributed by atoms with Crippen molar-refractivity contribution >= 4 is 23.7 Å². The summed E-state index contributed by atoms with van der Waals surface area (Å²) in [5.41, 5.74) is -1.72. The first-order valence-electron chi connectivity index (χ1n) is 7.28. The normalized spacial score (nSPS) is 12.9. The lowest BCUT2D eigenvalue weighted by Gasteiger charge is -2.26. The summed E-state index contributed by atoms with van der Waals surface area (Å²) in [6.45, 7) is -0.00682. The van der Waals surface area contributed by atoms with Gasteiger partial charge in [0.15, 0.2) is 0 Å². The minimum Gasteiger partial charge on any atom is -0.393 e. The lowest BCUT2D eigenvalue weighted by molar-refractivity contribution is -0.137. The molecule has 0 bridgehead atoms. The quantitative estimate of drug-likeness (QED) is 0.591. The second-order valence-corrected chi connectivity index (χ2v) is 5.13. The van der Waals surface area contributed by atoms with Gasteiger partial charge in [0, 0.05) is 6.21 Å². The van der Waals surface area contributed by atoms with Gasteiger partial charge in [-0.25, -0.2) is 4.79 Å². The topological polar surface area (TPSA) is 74.9 Å². The van der Waals surface area contributed by atoms with E-state index in [1.54, 1.807) is 18.2 Å². The predicted octanol–water partition coefficient (Wildman–Crippen LogP) is 4.23. The van der Waals surface area contributed by atoms with Crippen LogP contribution in [-0.2, 0) is 11.0 Å². The minimum absolute atomic E-state index is 0.00682. The monoisotopic (exact) mass is 361 g/mol. The van der Waals surface area contributed by atoms with Crippen molar-refractivity contribution in [3.05, 3.63) is 53.6 Å². The number of para-hydroxylation sites is 1. The lowest BCUT2D eigenvalue weighted by Crippen LogP contribution is -2.32. The number of hydrogen-bond donors (Lipinski definition) is 0. The molecule has 132 valence electrons. The summed E-state index contributed by atoms with van der Waals surface area (Å²) in [6, 6.07) is 11.3. The molecule has 9 heteroatoms. The van der Waals surface area contributed by atoms with E-state index in [1.807, 2.05) is 0 Å². The molecule has 0 N–H and O–H groups in total. The Morgan fingerprint density at radius 1 is 1.23 bits per heavy atom. The molecule has 2 aromatic rings. The number of ether oxygens (including phenoxy) is 1. The van der Waals surface area contributed by atoms with Gasteiger partial charge < -0.3 is 9.57 Å². The average molecular weight is 361 g/mol. The third kappa shape index (κ3) is 3.59. The molecule has 3 rings (SSSR count). The van der Waals surface area contributed by atoms with Gasteiger partial charge >= 0.3 is 12.3 Å². The van der Waals surface area contributed by atoms with Crippen molar-refractivity contribution in [3.8, 4) is 11.8 Å². The van der Waals surface area contributed by atoms with Crippen molar-refractivity contribution in [1.82, 2.24) is 0 Å². The molecule has 0 saturated carbocycles. The molecule has 1 aliphatic rings. The first-order valence-corrected chi connectivity index (χ1v) is 7.28. The first-order chi connectivity index (χ1) is 12.4. The molecule has 0 aliphatic carbocycles. The molecule has 6 nitrogen and oxygen atoms in total. The SMILES string of the molecule is N#Cc1cc2c(cc1C(F)(F)F)N=CCN2OC(=O)Oc1ccccc1. The van der Waals surface area contributed by atoms with Crippen LogP contribution in [0.25, 0.3) is 0 Å². The molecule has 0 radical (unpaired) electrons. The maximum absolute atomic E-state index is 13.0.